The van der Waals surface area contributed by atoms with E-state index in [0.717, 1.165) is 12.8 Å². The van der Waals surface area contributed by atoms with Gasteiger partial charge in [0.25, 0.3) is 0 Å². The Morgan fingerprint density at radius 3 is 2.79 bits per heavy atom. The molecule has 0 fully saturated rings. The van der Waals surface area contributed by atoms with Crippen LogP contribution in [0.5, 0.6) is 0 Å². The molecule has 0 aliphatic heterocycles. The lowest BCUT2D eigenvalue weighted by Gasteiger charge is -2.18. The first-order chi connectivity index (χ1) is 6.77. The van der Waals surface area contributed by atoms with Gasteiger partial charge in [-0.05, 0) is 41.1 Å². The Balaban J connectivity index is 2.49. The molecule has 0 radical (unpaired) electrons. The SMILES string of the molecule is C=CC1=C(C=C)C2=C(C=CCC2C)C1. The van der Waals surface area contributed by atoms with Gasteiger partial charge in [-0.15, -0.1) is 0 Å². The third kappa shape index (κ3) is 1.22. The lowest BCUT2D eigenvalue weighted by molar-refractivity contribution is 0.693. The lowest BCUT2D eigenvalue weighted by Crippen LogP contribution is -2.03. The molecule has 0 N–H and O–H groups in total. The molecule has 2 aliphatic rings. The Bertz CT molecular complexity index is 375. The summed E-state index contributed by atoms with van der Waals surface area (Å²) in [5.74, 6) is 0.639. The molecule has 0 aromatic rings. The van der Waals surface area contributed by atoms with Gasteiger partial charge in [0.15, 0.2) is 0 Å². The molecular weight excluding hydrogens is 168 g/mol. The Morgan fingerprint density at radius 2 is 2.14 bits per heavy atom. The van der Waals surface area contributed by atoms with E-state index in [1.807, 2.05) is 12.2 Å². The van der Waals surface area contributed by atoms with Crippen LogP contribution in [0.2, 0.25) is 0 Å². The second kappa shape index (κ2) is 3.45. The molecule has 2 aliphatic carbocycles. The molecule has 0 saturated carbocycles. The van der Waals surface area contributed by atoms with Gasteiger partial charge in [-0.1, -0.05) is 44.4 Å². The predicted octanol–water partition coefficient (Wildman–Crippen LogP) is 3.95. The van der Waals surface area contributed by atoms with Crippen molar-refractivity contribution in [2.45, 2.75) is 19.8 Å². The van der Waals surface area contributed by atoms with Gasteiger partial charge in [-0.25, -0.2) is 0 Å². The minimum absolute atomic E-state index is 0.639. The van der Waals surface area contributed by atoms with Crippen molar-refractivity contribution >= 4 is 0 Å². The zero-order valence-corrected chi connectivity index (χ0v) is 8.72. The summed E-state index contributed by atoms with van der Waals surface area (Å²) in [6.07, 6.45) is 10.7. The second-order valence-electron chi connectivity index (χ2n) is 4.00. The summed E-state index contributed by atoms with van der Waals surface area (Å²) < 4.78 is 0. The summed E-state index contributed by atoms with van der Waals surface area (Å²) in [6.45, 7) is 10.1. The van der Waals surface area contributed by atoms with Crippen LogP contribution in [0.25, 0.3) is 0 Å². The first-order valence-corrected chi connectivity index (χ1v) is 5.16. The van der Waals surface area contributed by atoms with Crippen molar-refractivity contribution in [2.75, 3.05) is 0 Å². The Kier molecular flexibility index (Phi) is 2.28. The monoisotopic (exact) mass is 184 g/mol. The van der Waals surface area contributed by atoms with Crippen LogP contribution in [0.15, 0.2) is 59.8 Å². The van der Waals surface area contributed by atoms with Gasteiger partial charge >= 0.3 is 0 Å². The van der Waals surface area contributed by atoms with Crippen LogP contribution in [0, 0.1) is 5.92 Å². The van der Waals surface area contributed by atoms with Gasteiger partial charge in [0.05, 0.1) is 0 Å². The molecule has 0 amide bonds. The smallest absolute Gasteiger partial charge is 0.00170 e. The van der Waals surface area contributed by atoms with E-state index >= 15 is 0 Å². The van der Waals surface area contributed by atoms with E-state index in [-0.39, 0.29) is 0 Å². The highest BCUT2D eigenvalue weighted by Crippen LogP contribution is 2.41. The lowest BCUT2D eigenvalue weighted by atomic mass is 9.87. The third-order valence-corrected chi connectivity index (χ3v) is 3.11. The summed E-state index contributed by atoms with van der Waals surface area (Å²) in [5.41, 5.74) is 5.63. The quantitative estimate of drug-likeness (QED) is 0.609. The third-order valence-electron chi connectivity index (χ3n) is 3.11. The maximum atomic E-state index is 3.90. The van der Waals surface area contributed by atoms with E-state index in [4.69, 9.17) is 0 Å². The van der Waals surface area contributed by atoms with E-state index in [1.165, 1.54) is 22.3 Å². The van der Waals surface area contributed by atoms with Crippen molar-refractivity contribution in [3.05, 3.63) is 59.8 Å². The van der Waals surface area contributed by atoms with E-state index < -0.39 is 0 Å². The highest BCUT2D eigenvalue weighted by molar-refractivity contribution is 5.60. The summed E-state index contributed by atoms with van der Waals surface area (Å²) in [6, 6.07) is 0. The summed E-state index contributed by atoms with van der Waals surface area (Å²) >= 11 is 0. The summed E-state index contributed by atoms with van der Waals surface area (Å²) in [4.78, 5) is 0. The molecule has 0 aromatic heterocycles. The van der Waals surface area contributed by atoms with Crippen LogP contribution in [-0.2, 0) is 0 Å². The van der Waals surface area contributed by atoms with Gasteiger partial charge < -0.3 is 0 Å². The van der Waals surface area contributed by atoms with E-state index in [2.05, 4.69) is 32.2 Å². The fourth-order valence-corrected chi connectivity index (χ4v) is 2.43. The Hall–Kier alpha value is -1.30. The number of hydrogen-bond donors (Lipinski definition) is 0. The topological polar surface area (TPSA) is 0 Å². The van der Waals surface area contributed by atoms with Crippen molar-refractivity contribution in [3.8, 4) is 0 Å². The van der Waals surface area contributed by atoms with Crippen LogP contribution in [0.3, 0.4) is 0 Å². The van der Waals surface area contributed by atoms with Crippen molar-refractivity contribution < 1.29 is 0 Å². The maximum absolute atomic E-state index is 3.90. The number of rotatable bonds is 2. The van der Waals surface area contributed by atoms with Crippen LogP contribution in [0.1, 0.15) is 19.8 Å². The zero-order chi connectivity index (χ0) is 10.1. The molecule has 0 heteroatoms. The van der Waals surface area contributed by atoms with E-state index in [1.54, 1.807) is 0 Å². The summed E-state index contributed by atoms with van der Waals surface area (Å²) in [7, 11) is 0. The minimum Gasteiger partial charge on any atom is -0.0988 e. The van der Waals surface area contributed by atoms with Crippen LogP contribution < -0.4 is 0 Å². The number of allylic oxidation sites excluding steroid dienone is 8. The number of hydrogen-bond acceptors (Lipinski definition) is 0. The van der Waals surface area contributed by atoms with Crippen molar-refractivity contribution in [1.82, 2.24) is 0 Å². The minimum atomic E-state index is 0.639. The van der Waals surface area contributed by atoms with Gasteiger partial charge in [-0.3, -0.25) is 0 Å². The molecule has 1 atom stereocenters. The zero-order valence-electron chi connectivity index (χ0n) is 8.72. The first-order valence-electron chi connectivity index (χ1n) is 5.16. The molecule has 0 spiro atoms. The summed E-state index contributed by atoms with van der Waals surface area (Å²) in [5, 5.41) is 0. The molecule has 0 saturated heterocycles. The highest BCUT2D eigenvalue weighted by Gasteiger charge is 2.25. The molecule has 0 heterocycles. The highest BCUT2D eigenvalue weighted by atomic mass is 14.3. The second-order valence-corrected chi connectivity index (χ2v) is 4.00. The molecule has 0 bridgehead atoms. The molecule has 0 nitrogen and oxygen atoms in total. The standard InChI is InChI=1S/C14H16/c1-4-11-9-12-8-6-7-10(3)14(12)13(11)5-2/h4-6,8,10H,1-2,7,9H2,3H3. The normalized spacial score (nSPS) is 25.4. The molecule has 2 rings (SSSR count). The first kappa shape index (κ1) is 9.26. The fraction of sp³-hybridized carbons (Fsp3) is 0.286. The van der Waals surface area contributed by atoms with Crippen LogP contribution in [-0.4, -0.2) is 0 Å². The molecule has 72 valence electrons. The van der Waals surface area contributed by atoms with Crippen LogP contribution >= 0.6 is 0 Å². The van der Waals surface area contributed by atoms with Gasteiger partial charge in [0.1, 0.15) is 0 Å². The van der Waals surface area contributed by atoms with Gasteiger partial charge in [0.2, 0.25) is 0 Å². The Morgan fingerprint density at radius 1 is 1.36 bits per heavy atom. The molecule has 1 unspecified atom stereocenters. The van der Waals surface area contributed by atoms with Gasteiger partial charge in [0, 0.05) is 0 Å². The average Bonchev–Trinajstić information content (AvgIpc) is 2.56. The Labute approximate surface area is 86.0 Å². The van der Waals surface area contributed by atoms with E-state index in [9.17, 15) is 0 Å². The maximum Gasteiger partial charge on any atom is -0.00170 e. The largest absolute Gasteiger partial charge is 0.0988 e. The molecule has 0 aromatic carbocycles. The van der Waals surface area contributed by atoms with Crippen LogP contribution in [0.4, 0.5) is 0 Å². The molecular formula is C14H16. The fourth-order valence-electron chi connectivity index (χ4n) is 2.43. The van der Waals surface area contributed by atoms with Crippen molar-refractivity contribution in [3.63, 3.8) is 0 Å². The van der Waals surface area contributed by atoms with Gasteiger partial charge in [-0.2, -0.15) is 0 Å². The average molecular weight is 184 g/mol. The molecule has 14 heavy (non-hydrogen) atoms. The van der Waals surface area contributed by atoms with E-state index in [0.29, 0.717) is 5.92 Å². The van der Waals surface area contributed by atoms with Crippen molar-refractivity contribution in [2.24, 2.45) is 5.92 Å². The van der Waals surface area contributed by atoms with Crippen molar-refractivity contribution in [1.29, 1.82) is 0 Å². The predicted molar refractivity (Wildman–Crippen MR) is 62.0 cm³/mol.